The number of benzene rings is 7. The number of fused-ring (bicyclic) bond motifs is 13. The molecule has 11 aromatic rings. The quantitative estimate of drug-likeness (QED) is 0.177. The van der Waals surface area contributed by atoms with Crippen molar-refractivity contribution in [3.63, 3.8) is 0 Å². The second-order valence-electron chi connectivity index (χ2n) is 13.3. The Morgan fingerprint density at radius 1 is 0.490 bits per heavy atom. The lowest BCUT2D eigenvalue weighted by Crippen LogP contribution is -1.93. The van der Waals surface area contributed by atoms with Gasteiger partial charge in [-0.1, -0.05) is 73.3 Å². The second-order valence-corrected chi connectivity index (χ2v) is 13.3. The molecule has 240 valence electrons. The molecule has 4 heterocycles. The number of aromatic nitrogens is 1. The van der Waals surface area contributed by atoms with Gasteiger partial charge in [-0.2, -0.15) is 0 Å². The van der Waals surface area contributed by atoms with Gasteiger partial charge in [0, 0.05) is 48.8 Å². The van der Waals surface area contributed by atoms with Crippen molar-refractivity contribution >= 4 is 93.2 Å². The minimum atomic E-state index is 0.764. The fourth-order valence-electron chi connectivity index (χ4n) is 8.11. The molecule has 0 N–H and O–H groups in total. The van der Waals surface area contributed by atoms with Gasteiger partial charge in [0.25, 0.3) is 0 Å². The van der Waals surface area contributed by atoms with Crippen LogP contribution in [-0.2, 0) is 0 Å². The van der Waals surface area contributed by atoms with E-state index in [1.807, 2.05) is 19.1 Å². The van der Waals surface area contributed by atoms with Crippen LogP contribution >= 0.6 is 0 Å². The van der Waals surface area contributed by atoms with Gasteiger partial charge in [-0.05, 0) is 108 Å². The van der Waals surface area contributed by atoms with Crippen LogP contribution in [0.25, 0.3) is 110 Å². The van der Waals surface area contributed by atoms with E-state index >= 15 is 0 Å². The van der Waals surface area contributed by atoms with Crippen LogP contribution in [0, 0.1) is 0 Å². The van der Waals surface area contributed by atoms with Crippen molar-refractivity contribution in [2.24, 2.45) is 0 Å². The minimum Gasteiger partial charge on any atom is -0.456 e. The van der Waals surface area contributed by atoms with E-state index < -0.39 is 0 Å². The minimum absolute atomic E-state index is 0.764. The van der Waals surface area contributed by atoms with Crippen LogP contribution in [0.5, 0.6) is 0 Å². The van der Waals surface area contributed by atoms with E-state index in [4.69, 9.17) is 13.3 Å². The molecule has 0 unspecified atom stereocenters. The first-order valence-corrected chi connectivity index (χ1v) is 17.2. The molecule has 0 aliphatic rings. The van der Waals surface area contributed by atoms with E-state index in [-0.39, 0.29) is 0 Å². The number of hydrogen-bond donors (Lipinski definition) is 0. The van der Waals surface area contributed by atoms with E-state index in [9.17, 15) is 0 Å². The summed E-state index contributed by atoms with van der Waals surface area (Å²) in [6.07, 6.45) is 3.97. The van der Waals surface area contributed by atoms with Gasteiger partial charge in [-0.3, -0.25) is 0 Å². The summed E-state index contributed by atoms with van der Waals surface area (Å²) in [5.74, 6) is 0. The molecule has 11 rings (SSSR count). The topological polar surface area (TPSA) is 44.4 Å². The smallest absolute Gasteiger partial charge is 0.178 e. The first kappa shape index (κ1) is 28.1. The van der Waals surface area contributed by atoms with E-state index in [1.165, 1.54) is 21.8 Å². The fraction of sp³-hybridized carbons (Fsp3) is 0.0213. The molecule has 0 atom stereocenters. The predicted molar refractivity (Wildman–Crippen MR) is 212 cm³/mol. The lowest BCUT2D eigenvalue weighted by atomic mass is 9.99. The summed E-state index contributed by atoms with van der Waals surface area (Å²) >= 11 is 0. The SMILES string of the molecule is C=C/C(=C\C)c1ccc2oc3ccc(-c4ccc5oc6c(ccc7c8cc(-n9c%10ccccc%10c%10ccccc%109)ccc8oc76)c5c4)cc3c2c1. The fourth-order valence-corrected chi connectivity index (χ4v) is 8.11. The number of nitrogens with zero attached hydrogens (tertiary/aromatic N) is 1. The molecule has 0 aliphatic carbocycles. The van der Waals surface area contributed by atoms with Crippen LogP contribution in [0.4, 0.5) is 0 Å². The zero-order chi connectivity index (χ0) is 33.8. The van der Waals surface area contributed by atoms with Gasteiger partial charge < -0.3 is 17.8 Å². The van der Waals surface area contributed by atoms with Crippen molar-refractivity contribution in [1.29, 1.82) is 0 Å². The van der Waals surface area contributed by atoms with E-state index in [0.717, 1.165) is 93.8 Å². The highest BCUT2D eigenvalue weighted by molar-refractivity contribution is 6.20. The number of para-hydroxylation sites is 2. The number of hydrogen-bond acceptors (Lipinski definition) is 3. The molecule has 0 saturated heterocycles. The van der Waals surface area contributed by atoms with Gasteiger partial charge in [0.2, 0.25) is 0 Å². The van der Waals surface area contributed by atoms with Crippen molar-refractivity contribution in [3.8, 4) is 16.8 Å². The molecule has 0 bridgehead atoms. The van der Waals surface area contributed by atoms with Crippen LogP contribution in [-0.4, -0.2) is 4.57 Å². The molecule has 4 heteroatoms. The van der Waals surface area contributed by atoms with Crippen molar-refractivity contribution in [2.45, 2.75) is 6.92 Å². The Bertz CT molecular complexity index is 3230. The van der Waals surface area contributed by atoms with Crippen molar-refractivity contribution in [2.75, 3.05) is 0 Å². The van der Waals surface area contributed by atoms with Gasteiger partial charge in [-0.15, -0.1) is 0 Å². The van der Waals surface area contributed by atoms with Crippen LogP contribution in [0.1, 0.15) is 12.5 Å². The Kier molecular flexibility index (Phi) is 5.71. The van der Waals surface area contributed by atoms with E-state index in [2.05, 4.69) is 145 Å². The van der Waals surface area contributed by atoms with Crippen molar-refractivity contribution in [3.05, 3.63) is 158 Å². The summed E-state index contributed by atoms with van der Waals surface area (Å²) in [5.41, 5.74) is 12.8. The molecule has 0 radical (unpaired) electrons. The number of allylic oxidation sites excluding steroid dienone is 3. The third-order valence-electron chi connectivity index (χ3n) is 10.6. The zero-order valence-electron chi connectivity index (χ0n) is 27.7. The number of furan rings is 3. The highest BCUT2D eigenvalue weighted by atomic mass is 16.4. The van der Waals surface area contributed by atoms with Crippen molar-refractivity contribution in [1.82, 2.24) is 4.57 Å². The standard InChI is InChI=1S/C47H29NO3/c1-3-27(4-2)28-13-19-42-37(23-28)38-25-30(14-20-43(38)49-42)29-15-21-44-36(24-29)34-17-18-35-39-26-31(16-22-45(39)51-47(35)46(34)50-44)48-40-11-7-5-9-32(40)33-10-6-8-12-41(33)48/h3-26H,1H2,2H3/b27-4+. The van der Waals surface area contributed by atoms with Gasteiger partial charge in [0.1, 0.15) is 22.3 Å². The molecule has 4 aromatic heterocycles. The van der Waals surface area contributed by atoms with Gasteiger partial charge in [-0.25, -0.2) is 0 Å². The Labute approximate surface area is 291 Å². The molecule has 0 saturated carbocycles. The Balaban J connectivity index is 1.05. The Hall–Kier alpha value is -6.78. The Morgan fingerprint density at radius 3 is 1.61 bits per heavy atom. The molecule has 7 aromatic carbocycles. The Morgan fingerprint density at radius 2 is 1.00 bits per heavy atom. The maximum Gasteiger partial charge on any atom is 0.178 e. The first-order valence-electron chi connectivity index (χ1n) is 17.2. The van der Waals surface area contributed by atoms with Crippen LogP contribution < -0.4 is 0 Å². The normalized spacial score (nSPS) is 12.6. The third kappa shape index (κ3) is 3.96. The lowest BCUT2D eigenvalue weighted by molar-refractivity contribution is 0.633. The second kappa shape index (κ2) is 10.4. The summed E-state index contributed by atoms with van der Waals surface area (Å²) in [5, 5.41) is 8.85. The van der Waals surface area contributed by atoms with E-state index in [0.29, 0.717) is 0 Å². The molecular weight excluding hydrogens is 627 g/mol. The van der Waals surface area contributed by atoms with Gasteiger partial charge in [0.05, 0.1) is 11.0 Å². The van der Waals surface area contributed by atoms with Gasteiger partial charge in [0.15, 0.2) is 11.2 Å². The highest BCUT2D eigenvalue weighted by Crippen LogP contribution is 2.42. The summed E-state index contributed by atoms with van der Waals surface area (Å²) in [6, 6.07) is 47.1. The molecule has 4 nitrogen and oxygen atoms in total. The monoisotopic (exact) mass is 655 g/mol. The average Bonchev–Trinajstić information content (AvgIpc) is 3.93. The highest BCUT2D eigenvalue weighted by Gasteiger charge is 2.19. The summed E-state index contributed by atoms with van der Waals surface area (Å²) in [6.45, 7) is 6.02. The zero-order valence-corrected chi connectivity index (χ0v) is 27.7. The predicted octanol–water partition coefficient (Wildman–Crippen LogP) is 13.7. The van der Waals surface area contributed by atoms with Gasteiger partial charge >= 0.3 is 0 Å². The molecule has 0 fully saturated rings. The summed E-state index contributed by atoms with van der Waals surface area (Å²) < 4.78 is 21.7. The third-order valence-corrected chi connectivity index (χ3v) is 10.6. The summed E-state index contributed by atoms with van der Waals surface area (Å²) in [4.78, 5) is 0. The molecule has 0 spiro atoms. The largest absolute Gasteiger partial charge is 0.456 e. The lowest BCUT2D eigenvalue weighted by Gasteiger charge is -2.07. The maximum absolute atomic E-state index is 6.56. The summed E-state index contributed by atoms with van der Waals surface area (Å²) in [7, 11) is 0. The van der Waals surface area contributed by atoms with E-state index in [1.54, 1.807) is 0 Å². The number of rotatable bonds is 4. The molecule has 51 heavy (non-hydrogen) atoms. The maximum atomic E-state index is 6.56. The first-order chi connectivity index (χ1) is 25.2. The van der Waals surface area contributed by atoms with Crippen LogP contribution in [0.2, 0.25) is 0 Å². The van der Waals surface area contributed by atoms with Crippen molar-refractivity contribution < 1.29 is 13.3 Å². The van der Waals surface area contributed by atoms with Crippen LogP contribution in [0.3, 0.4) is 0 Å². The molecule has 0 amide bonds. The van der Waals surface area contributed by atoms with Crippen LogP contribution in [0.15, 0.2) is 165 Å². The molecular formula is C47H29NO3. The average molecular weight is 656 g/mol. The molecule has 0 aliphatic heterocycles.